The number of benzene rings is 2. The van der Waals surface area contributed by atoms with Crippen LogP contribution in [0.1, 0.15) is 12.0 Å². The van der Waals surface area contributed by atoms with E-state index in [1.54, 1.807) is 30.3 Å². The van der Waals surface area contributed by atoms with Gasteiger partial charge in [0.15, 0.2) is 0 Å². The number of likely N-dealkylation sites (N-methyl/N-ethyl adjacent to an activating group) is 1. The SMILES string of the molecule is CN1CC=C(c2c(O)cc(O)c3c(=O)oc(-c4ccccc4Cl)cc23)CC1. The van der Waals surface area contributed by atoms with Gasteiger partial charge in [0, 0.05) is 35.7 Å². The molecule has 2 aromatic carbocycles. The summed E-state index contributed by atoms with van der Waals surface area (Å²) in [6.45, 7) is 1.59. The Bertz CT molecular complexity index is 1130. The Hall–Kier alpha value is -2.76. The van der Waals surface area contributed by atoms with Gasteiger partial charge in [0.05, 0.1) is 5.02 Å². The lowest BCUT2D eigenvalue weighted by molar-refractivity contribution is 0.369. The summed E-state index contributed by atoms with van der Waals surface area (Å²) >= 11 is 6.25. The highest BCUT2D eigenvalue weighted by molar-refractivity contribution is 6.33. The van der Waals surface area contributed by atoms with Crippen molar-refractivity contribution in [2.75, 3.05) is 20.1 Å². The monoisotopic (exact) mass is 383 g/mol. The van der Waals surface area contributed by atoms with Crippen LogP contribution in [0.25, 0.3) is 27.7 Å². The Labute approximate surface area is 160 Å². The molecule has 1 aliphatic rings. The minimum atomic E-state index is -0.672. The molecule has 5 nitrogen and oxygen atoms in total. The standard InChI is InChI=1S/C21H18ClNO4/c1-23-8-6-12(7-9-23)19-14-10-18(13-4-2-3-5-15(13)22)27-21(26)20(14)17(25)11-16(19)24/h2-6,10-11,24-25H,7-9H2,1H3. The van der Waals surface area contributed by atoms with E-state index < -0.39 is 5.63 Å². The zero-order valence-electron chi connectivity index (χ0n) is 14.7. The summed E-state index contributed by atoms with van der Waals surface area (Å²) in [7, 11) is 2.02. The van der Waals surface area contributed by atoms with Gasteiger partial charge in [-0.15, -0.1) is 0 Å². The molecule has 0 radical (unpaired) electrons. The van der Waals surface area contributed by atoms with Crippen molar-refractivity contribution in [1.82, 2.24) is 4.90 Å². The van der Waals surface area contributed by atoms with E-state index in [4.69, 9.17) is 16.0 Å². The van der Waals surface area contributed by atoms with Crippen molar-refractivity contribution in [2.24, 2.45) is 0 Å². The van der Waals surface area contributed by atoms with E-state index in [-0.39, 0.29) is 22.6 Å². The molecule has 6 heteroatoms. The van der Waals surface area contributed by atoms with Gasteiger partial charge < -0.3 is 19.5 Å². The van der Waals surface area contributed by atoms with Gasteiger partial charge in [-0.3, -0.25) is 0 Å². The molecule has 2 heterocycles. The smallest absolute Gasteiger partial charge is 0.347 e. The van der Waals surface area contributed by atoms with Crippen LogP contribution in [0.4, 0.5) is 0 Å². The van der Waals surface area contributed by atoms with Crippen molar-refractivity contribution >= 4 is 27.9 Å². The third kappa shape index (κ3) is 3.09. The maximum atomic E-state index is 12.6. The van der Waals surface area contributed by atoms with Gasteiger partial charge >= 0.3 is 5.63 Å². The summed E-state index contributed by atoms with van der Waals surface area (Å²) in [5.41, 5.74) is 1.39. The molecule has 27 heavy (non-hydrogen) atoms. The van der Waals surface area contributed by atoms with Gasteiger partial charge in [0.25, 0.3) is 0 Å². The van der Waals surface area contributed by atoms with E-state index >= 15 is 0 Å². The fourth-order valence-electron chi connectivity index (χ4n) is 3.47. The van der Waals surface area contributed by atoms with Crippen LogP contribution < -0.4 is 5.63 Å². The Morgan fingerprint density at radius 3 is 2.63 bits per heavy atom. The number of hydrogen-bond donors (Lipinski definition) is 2. The molecule has 0 amide bonds. The second-order valence-electron chi connectivity index (χ2n) is 6.70. The summed E-state index contributed by atoms with van der Waals surface area (Å²) in [6, 6.07) is 9.91. The fourth-order valence-corrected chi connectivity index (χ4v) is 3.70. The average molecular weight is 384 g/mol. The maximum absolute atomic E-state index is 12.6. The van der Waals surface area contributed by atoms with Crippen LogP contribution in [0.15, 0.2) is 51.7 Å². The van der Waals surface area contributed by atoms with Crippen LogP contribution in [0, 0.1) is 0 Å². The molecule has 1 aromatic heterocycles. The van der Waals surface area contributed by atoms with Gasteiger partial charge in [-0.05, 0) is 37.2 Å². The van der Waals surface area contributed by atoms with Crippen molar-refractivity contribution in [3.63, 3.8) is 0 Å². The lowest BCUT2D eigenvalue weighted by Gasteiger charge is -2.23. The number of hydrogen-bond acceptors (Lipinski definition) is 5. The largest absolute Gasteiger partial charge is 0.507 e. The Kier molecular flexibility index (Phi) is 4.42. The third-order valence-electron chi connectivity index (χ3n) is 4.88. The van der Waals surface area contributed by atoms with E-state index in [0.29, 0.717) is 21.5 Å². The molecule has 2 N–H and O–H groups in total. The maximum Gasteiger partial charge on any atom is 0.347 e. The number of halogens is 1. The second kappa shape index (κ2) is 6.76. The lowest BCUT2D eigenvalue weighted by Crippen LogP contribution is -2.23. The molecule has 3 aromatic rings. The van der Waals surface area contributed by atoms with E-state index in [1.807, 2.05) is 13.1 Å². The van der Waals surface area contributed by atoms with E-state index in [0.717, 1.165) is 25.1 Å². The highest BCUT2D eigenvalue weighted by atomic mass is 35.5. The molecule has 1 aliphatic heterocycles. The van der Waals surface area contributed by atoms with Gasteiger partial charge in [-0.1, -0.05) is 29.8 Å². The molecule has 0 saturated carbocycles. The third-order valence-corrected chi connectivity index (χ3v) is 5.21. The quantitative estimate of drug-likeness (QED) is 0.692. The zero-order chi connectivity index (χ0) is 19.1. The molecule has 0 unspecified atom stereocenters. The number of aromatic hydroxyl groups is 2. The molecular formula is C21H18ClNO4. The molecule has 0 saturated heterocycles. The van der Waals surface area contributed by atoms with Gasteiger partial charge in [-0.2, -0.15) is 0 Å². The average Bonchev–Trinajstić information content (AvgIpc) is 2.63. The lowest BCUT2D eigenvalue weighted by atomic mass is 9.93. The fraction of sp³-hybridized carbons (Fsp3) is 0.190. The van der Waals surface area contributed by atoms with Crippen molar-refractivity contribution in [1.29, 1.82) is 0 Å². The summed E-state index contributed by atoms with van der Waals surface area (Å²) < 4.78 is 5.43. The van der Waals surface area contributed by atoms with Crippen LogP contribution in [-0.2, 0) is 0 Å². The predicted molar refractivity (Wildman–Crippen MR) is 106 cm³/mol. The van der Waals surface area contributed by atoms with Crippen LogP contribution in [-0.4, -0.2) is 35.3 Å². The van der Waals surface area contributed by atoms with Gasteiger partial charge in [0.2, 0.25) is 0 Å². The Balaban J connectivity index is 2.04. The first-order valence-electron chi connectivity index (χ1n) is 8.61. The normalized spacial score (nSPS) is 15.1. The first-order chi connectivity index (χ1) is 13.0. The molecule has 0 spiro atoms. The molecule has 0 atom stereocenters. The van der Waals surface area contributed by atoms with Crippen LogP contribution in [0.5, 0.6) is 11.5 Å². The molecule has 4 rings (SSSR count). The minimum Gasteiger partial charge on any atom is -0.507 e. The second-order valence-corrected chi connectivity index (χ2v) is 7.11. The Morgan fingerprint density at radius 1 is 1.15 bits per heavy atom. The van der Waals surface area contributed by atoms with Gasteiger partial charge in [-0.25, -0.2) is 4.79 Å². The highest BCUT2D eigenvalue weighted by Gasteiger charge is 2.21. The summed E-state index contributed by atoms with van der Waals surface area (Å²) in [4.78, 5) is 14.8. The van der Waals surface area contributed by atoms with Gasteiger partial charge in [0.1, 0.15) is 22.6 Å². The summed E-state index contributed by atoms with van der Waals surface area (Å²) in [5, 5.41) is 21.7. The number of nitrogens with zero attached hydrogens (tertiary/aromatic N) is 1. The first-order valence-corrected chi connectivity index (χ1v) is 8.99. The van der Waals surface area contributed by atoms with E-state index in [1.165, 1.54) is 6.07 Å². The van der Waals surface area contributed by atoms with Crippen molar-refractivity contribution in [2.45, 2.75) is 6.42 Å². The summed E-state index contributed by atoms with van der Waals surface area (Å²) in [5.74, 6) is -0.0800. The van der Waals surface area contributed by atoms with E-state index in [2.05, 4.69) is 4.90 Å². The molecule has 0 bridgehead atoms. The number of phenols is 2. The number of rotatable bonds is 2. The molecule has 0 aliphatic carbocycles. The predicted octanol–water partition coefficient (Wildman–Crippen LogP) is 4.24. The van der Waals surface area contributed by atoms with Crippen LogP contribution in [0.2, 0.25) is 5.02 Å². The number of fused-ring (bicyclic) bond motifs is 1. The minimum absolute atomic E-state index is 0.0541. The molecule has 138 valence electrons. The van der Waals surface area contributed by atoms with Crippen molar-refractivity contribution < 1.29 is 14.6 Å². The van der Waals surface area contributed by atoms with Crippen LogP contribution >= 0.6 is 11.6 Å². The number of phenolic OH excluding ortho intramolecular Hbond substituents is 2. The van der Waals surface area contributed by atoms with Crippen LogP contribution in [0.3, 0.4) is 0 Å². The zero-order valence-corrected chi connectivity index (χ0v) is 15.5. The summed E-state index contributed by atoms with van der Waals surface area (Å²) in [6.07, 6.45) is 2.75. The van der Waals surface area contributed by atoms with Crippen molar-refractivity contribution in [3.05, 3.63) is 63.5 Å². The molecule has 0 fully saturated rings. The first kappa shape index (κ1) is 17.6. The van der Waals surface area contributed by atoms with E-state index in [9.17, 15) is 15.0 Å². The topological polar surface area (TPSA) is 73.9 Å². The molecular weight excluding hydrogens is 366 g/mol. The Morgan fingerprint density at radius 2 is 1.93 bits per heavy atom. The highest BCUT2D eigenvalue weighted by Crippen LogP contribution is 2.41. The van der Waals surface area contributed by atoms with Crippen molar-refractivity contribution in [3.8, 4) is 22.8 Å².